The normalized spacial score (nSPS) is 24.0. The average Bonchev–Trinajstić information content (AvgIpc) is 2.24. The Kier molecular flexibility index (Phi) is 4.73. The molecule has 1 heterocycles. The van der Waals surface area contributed by atoms with E-state index in [9.17, 15) is 13.2 Å². The molecule has 1 aliphatic heterocycles. The fraction of sp³-hybridized carbons (Fsp3) is 0.900. The lowest BCUT2D eigenvalue weighted by molar-refractivity contribution is -0.131. The molecule has 1 rings (SSSR count). The van der Waals surface area contributed by atoms with Crippen LogP contribution in [0.25, 0.3) is 0 Å². The summed E-state index contributed by atoms with van der Waals surface area (Å²) in [7, 11) is -3.27. The highest BCUT2D eigenvalue weighted by atomic mass is 32.2. The third-order valence-corrected chi connectivity index (χ3v) is 5.08. The van der Waals surface area contributed by atoms with Gasteiger partial charge in [-0.15, -0.1) is 0 Å². The van der Waals surface area contributed by atoms with Crippen LogP contribution < -0.4 is 0 Å². The zero-order chi connectivity index (χ0) is 12.2. The van der Waals surface area contributed by atoms with Gasteiger partial charge in [-0.1, -0.05) is 6.42 Å². The Morgan fingerprint density at radius 1 is 1.44 bits per heavy atom. The number of carbonyl (C=O) groups excluding carboxylic acids is 1. The van der Waals surface area contributed by atoms with E-state index in [4.69, 9.17) is 5.11 Å². The van der Waals surface area contributed by atoms with Crippen molar-refractivity contribution in [3.05, 3.63) is 0 Å². The van der Waals surface area contributed by atoms with E-state index in [1.165, 1.54) is 4.90 Å². The summed E-state index contributed by atoms with van der Waals surface area (Å²) < 4.78 is 23.5. The summed E-state index contributed by atoms with van der Waals surface area (Å²) in [6.07, 6.45) is 1.85. The van der Waals surface area contributed by atoms with Gasteiger partial charge in [0.05, 0.1) is 12.4 Å². The van der Waals surface area contributed by atoms with E-state index in [1.54, 1.807) is 6.92 Å². The lowest BCUT2D eigenvalue weighted by Crippen LogP contribution is -2.46. The maximum Gasteiger partial charge on any atom is 0.240 e. The van der Waals surface area contributed by atoms with E-state index >= 15 is 0 Å². The number of hydrogen-bond donors (Lipinski definition) is 1. The molecule has 1 N–H and O–H groups in total. The number of aliphatic hydroxyl groups is 1. The van der Waals surface area contributed by atoms with Gasteiger partial charge in [-0.05, 0) is 19.8 Å². The van der Waals surface area contributed by atoms with Crippen molar-refractivity contribution in [1.29, 1.82) is 0 Å². The molecule has 1 unspecified atom stereocenters. The first-order valence-electron chi connectivity index (χ1n) is 5.64. The highest BCUT2D eigenvalue weighted by molar-refractivity contribution is 7.92. The molecule has 1 amide bonds. The van der Waals surface area contributed by atoms with Crippen LogP contribution >= 0.6 is 0 Å². The molecule has 0 aromatic rings. The van der Waals surface area contributed by atoms with Crippen LogP contribution in [0, 0.1) is 0 Å². The van der Waals surface area contributed by atoms with Crippen LogP contribution in [0.1, 0.15) is 26.2 Å². The second kappa shape index (κ2) is 5.63. The first kappa shape index (κ1) is 13.4. The number of nitrogens with zero attached hydrogens (tertiary/aromatic N) is 1. The Morgan fingerprint density at radius 3 is 2.62 bits per heavy atom. The Bertz CT molecular complexity index is 339. The molecule has 0 bridgehead atoms. The van der Waals surface area contributed by atoms with Crippen LogP contribution in [-0.2, 0) is 14.6 Å². The van der Waals surface area contributed by atoms with Gasteiger partial charge in [0.25, 0.3) is 0 Å². The van der Waals surface area contributed by atoms with Crippen LogP contribution in [0.15, 0.2) is 0 Å². The van der Waals surface area contributed by atoms with Crippen LogP contribution in [0.4, 0.5) is 0 Å². The topological polar surface area (TPSA) is 74.7 Å². The molecule has 0 spiro atoms. The third kappa shape index (κ3) is 2.95. The minimum absolute atomic E-state index is 0.111. The Hall–Kier alpha value is -0.620. The van der Waals surface area contributed by atoms with E-state index < -0.39 is 15.1 Å². The molecule has 0 radical (unpaired) electrons. The standard InChI is InChI=1S/C10H19NO4S/c1-2-11(6-7-12)10(13)9-5-3-4-8-16(9,14)15/h9,12H,2-8H2,1H3. The maximum atomic E-state index is 12.0. The molecule has 0 aliphatic carbocycles. The first-order valence-corrected chi connectivity index (χ1v) is 7.35. The summed E-state index contributed by atoms with van der Waals surface area (Å²) in [4.78, 5) is 13.4. The largest absolute Gasteiger partial charge is 0.395 e. The molecule has 1 fully saturated rings. The van der Waals surface area contributed by atoms with Crippen molar-refractivity contribution in [2.24, 2.45) is 0 Å². The highest BCUT2D eigenvalue weighted by Gasteiger charge is 2.36. The van der Waals surface area contributed by atoms with E-state index in [1.807, 2.05) is 0 Å². The Labute approximate surface area is 96.4 Å². The molecule has 6 heteroatoms. The zero-order valence-electron chi connectivity index (χ0n) is 9.55. The minimum Gasteiger partial charge on any atom is -0.395 e. The van der Waals surface area contributed by atoms with E-state index in [-0.39, 0.29) is 24.8 Å². The van der Waals surface area contributed by atoms with Crippen molar-refractivity contribution in [2.45, 2.75) is 31.4 Å². The molecule has 0 saturated carbocycles. The van der Waals surface area contributed by atoms with Crippen molar-refractivity contribution in [2.75, 3.05) is 25.4 Å². The molecule has 1 saturated heterocycles. The van der Waals surface area contributed by atoms with Crippen molar-refractivity contribution in [3.63, 3.8) is 0 Å². The number of hydrogen-bond acceptors (Lipinski definition) is 4. The molecule has 0 aromatic heterocycles. The molecule has 1 atom stereocenters. The molecule has 16 heavy (non-hydrogen) atoms. The molecular formula is C10H19NO4S. The summed E-state index contributed by atoms with van der Waals surface area (Å²) in [5.41, 5.74) is 0. The van der Waals surface area contributed by atoms with E-state index in [0.29, 0.717) is 19.4 Å². The second-order valence-electron chi connectivity index (χ2n) is 3.99. The maximum absolute atomic E-state index is 12.0. The minimum atomic E-state index is -3.27. The fourth-order valence-electron chi connectivity index (χ4n) is 1.98. The molecule has 0 aromatic carbocycles. The first-order chi connectivity index (χ1) is 7.53. The molecular weight excluding hydrogens is 230 g/mol. The predicted octanol–water partition coefficient (Wildman–Crippen LogP) is -0.206. The Morgan fingerprint density at radius 2 is 2.12 bits per heavy atom. The third-order valence-electron chi connectivity index (χ3n) is 2.92. The van der Waals surface area contributed by atoms with Gasteiger partial charge in [-0.3, -0.25) is 4.79 Å². The van der Waals surface area contributed by atoms with Crippen LogP contribution in [0.5, 0.6) is 0 Å². The number of carbonyl (C=O) groups is 1. The number of aliphatic hydroxyl groups excluding tert-OH is 1. The average molecular weight is 249 g/mol. The lowest BCUT2D eigenvalue weighted by atomic mass is 10.1. The monoisotopic (exact) mass is 249 g/mol. The number of likely N-dealkylation sites (N-methyl/N-ethyl adjacent to an activating group) is 1. The summed E-state index contributed by atoms with van der Waals surface area (Å²) in [6, 6.07) is 0. The number of sulfone groups is 1. The van der Waals surface area contributed by atoms with Crippen molar-refractivity contribution >= 4 is 15.7 Å². The quantitative estimate of drug-likeness (QED) is 0.748. The highest BCUT2D eigenvalue weighted by Crippen LogP contribution is 2.21. The van der Waals surface area contributed by atoms with Gasteiger partial charge in [-0.25, -0.2) is 8.42 Å². The van der Waals surface area contributed by atoms with Gasteiger partial charge in [0.15, 0.2) is 9.84 Å². The summed E-state index contributed by atoms with van der Waals surface area (Å²) in [6.45, 7) is 2.29. The summed E-state index contributed by atoms with van der Waals surface area (Å²) in [5.74, 6) is -0.239. The van der Waals surface area contributed by atoms with Crippen LogP contribution in [0.2, 0.25) is 0 Å². The van der Waals surface area contributed by atoms with Crippen molar-refractivity contribution in [1.82, 2.24) is 4.90 Å². The van der Waals surface area contributed by atoms with Gasteiger partial charge < -0.3 is 10.0 Å². The van der Waals surface area contributed by atoms with Gasteiger partial charge in [0, 0.05) is 13.1 Å². The SMILES string of the molecule is CCN(CCO)C(=O)C1CCCCS1(=O)=O. The van der Waals surface area contributed by atoms with Gasteiger partial charge in [-0.2, -0.15) is 0 Å². The van der Waals surface area contributed by atoms with E-state index in [0.717, 1.165) is 6.42 Å². The van der Waals surface area contributed by atoms with Crippen molar-refractivity contribution in [3.8, 4) is 0 Å². The molecule has 1 aliphatic rings. The number of amides is 1. The predicted molar refractivity (Wildman–Crippen MR) is 60.8 cm³/mol. The smallest absolute Gasteiger partial charge is 0.240 e. The Balaban J connectivity index is 2.78. The molecule has 5 nitrogen and oxygen atoms in total. The number of rotatable bonds is 4. The molecule has 94 valence electrons. The van der Waals surface area contributed by atoms with E-state index in [2.05, 4.69) is 0 Å². The van der Waals surface area contributed by atoms with Crippen LogP contribution in [-0.4, -0.2) is 55.0 Å². The summed E-state index contributed by atoms with van der Waals surface area (Å²) >= 11 is 0. The zero-order valence-corrected chi connectivity index (χ0v) is 10.4. The summed E-state index contributed by atoms with van der Waals surface area (Å²) in [5, 5.41) is 7.92. The van der Waals surface area contributed by atoms with Crippen molar-refractivity contribution < 1.29 is 18.3 Å². The van der Waals surface area contributed by atoms with Gasteiger partial charge in [0.2, 0.25) is 5.91 Å². The van der Waals surface area contributed by atoms with Gasteiger partial charge >= 0.3 is 0 Å². The van der Waals surface area contributed by atoms with Crippen LogP contribution in [0.3, 0.4) is 0 Å². The fourth-order valence-corrected chi connectivity index (χ4v) is 3.85. The second-order valence-corrected chi connectivity index (χ2v) is 6.30. The lowest BCUT2D eigenvalue weighted by Gasteiger charge is -2.27. The van der Waals surface area contributed by atoms with Gasteiger partial charge in [0.1, 0.15) is 5.25 Å².